The monoisotopic (exact) mass is 340 g/mol. The molecule has 0 unspecified atom stereocenters. The molecule has 0 saturated heterocycles. The molecule has 0 aliphatic rings. The van der Waals surface area contributed by atoms with E-state index in [0.717, 1.165) is 24.8 Å². The maximum absolute atomic E-state index is 10.7. The first kappa shape index (κ1) is 17.8. The second-order valence-electron chi connectivity index (χ2n) is 5.37. The Bertz CT molecular complexity index is 784. The summed E-state index contributed by atoms with van der Waals surface area (Å²) in [5.41, 5.74) is 3.80. The lowest BCUT2D eigenvalue weighted by atomic mass is 9.95. The first-order chi connectivity index (χ1) is 11.7. The van der Waals surface area contributed by atoms with Crippen molar-refractivity contribution in [1.29, 1.82) is 0 Å². The first-order valence-corrected chi connectivity index (χ1v) is 8.12. The van der Waals surface area contributed by atoms with Gasteiger partial charge < -0.3 is 0 Å². The standard InChI is InChI=1S/C19H17ClN2O2/c1-2-3-5-14-8-9-16(20)10-15(14)11-17-18(21-12-23)6-4-7-19(17)22-13-24/h4,6-10H,2-3,5,11H2,1H3. The minimum atomic E-state index is 0.447. The van der Waals surface area contributed by atoms with Crippen LogP contribution in [0.3, 0.4) is 0 Å². The molecule has 2 rings (SSSR count). The predicted molar refractivity (Wildman–Crippen MR) is 94.9 cm³/mol. The van der Waals surface area contributed by atoms with Gasteiger partial charge in [-0.05, 0) is 48.2 Å². The van der Waals surface area contributed by atoms with Gasteiger partial charge in [-0.15, -0.1) is 0 Å². The molecule has 0 fully saturated rings. The number of halogens is 1. The van der Waals surface area contributed by atoms with Gasteiger partial charge in [0, 0.05) is 17.0 Å². The molecule has 24 heavy (non-hydrogen) atoms. The van der Waals surface area contributed by atoms with E-state index in [0.29, 0.717) is 28.4 Å². The highest BCUT2D eigenvalue weighted by atomic mass is 35.5. The fourth-order valence-corrected chi connectivity index (χ4v) is 2.81. The lowest BCUT2D eigenvalue weighted by molar-refractivity contribution is 0.565. The second-order valence-corrected chi connectivity index (χ2v) is 5.81. The number of unbranched alkanes of at least 4 members (excludes halogenated alkanes) is 1. The van der Waals surface area contributed by atoms with Gasteiger partial charge in [0.2, 0.25) is 12.2 Å². The number of aryl methyl sites for hydroxylation is 1. The van der Waals surface area contributed by atoms with Crippen LogP contribution in [0.5, 0.6) is 0 Å². The number of hydrogen-bond acceptors (Lipinski definition) is 4. The Labute approximate surface area is 145 Å². The van der Waals surface area contributed by atoms with E-state index in [1.54, 1.807) is 30.4 Å². The summed E-state index contributed by atoms with van der Waals surface area (Å²) in [7, 11) is 0. The summed E-state index contributed by atoms with van der Waals surface area (Å²) in [5, 5.41) is 0.641. The van der Waals surface area contributed by atoms with Crippen LogP contribution in [0.15, 0.2) is 46.4 Å². The molecule has 122 valence electrons. The van der Waals surface area contributed by atoms with Crippen LogP contribution >= 0.6 is 11.6 Å². The molecular formula is C19H17ClN2O2. The van der Waals surface area contributed by atoms with Crippen LogP contribution in [0.25, 0.3) is 0 Å². The number of nitrogens with zero attached hydrogens (tertiary/aromatic N) is 2. The molecule has 2 aromatic carbocycles. The van der Waals surface area contributed by atoms with Gasteiger partial charge in [0.1, 0.15) is 0 Å². The SMILES string of the molecule is CCCCc1ccc(Cl)cc1Cc1c(N=C=O)cccc1N=C=O. The Hall–Kier alpha value is -2.51. The number of rotatable bonds is 7. The Balaban J connectivity index is 2.52. The fraction of sp³-hybridized carbons (Fsp3) is 0.263. The molecular weight excluding hydrogens is 324 g/mol. The van der Waals surface area contributed by atoms with Crippen molar-refractivity contribution >= 4 is 35.1 Å². The number of benzene rings is 2. The lowest BCUT2D eigenvalue weighted by Crippen LogP contribution is -1.97. The number of hydrogen-bond donors (Lipinski definition) is 0. The van der Waals surface area contributed by atoms with E-state index in [1.807, 2.05) is 18.2 Å². The van der Waals surface area contributed by atoms with Crippen molar-refractivity contribution in [3.63, 3.8) is 0 Å². The van der Waals surface area contributed by atoms with Crippen molar-refractivity contribution in [2.45, 2.75) is 32.6 Å². The van der Waals surface area contributed by atoms with E-state index in [-0.39, 0.29) is 0 Å². The van der Waals surface area contributed by atoms with Crippen molar-refractivity contribution in [2.24, 2.45) is 9.98 Å². The summed E-state index contributed by atoms with van der Waals surface area (Å²) in [6, 6.07) is 10.9. The Morgan fingerprint density at radius 1 is 1.00 bits per heavy atom. The van der Waals surface area contributed by atoms with E-state index < -0.39 is 0 Å². The average molecular weight is 341 g/mol. The van der Waals surface area contributed by atoms with E-state index in [4.69, 9.17) is 11.6 Å². The van der Waals surface area contributed by atoms with Gasteiger partial charge in [-0.1, -0.05) is 37.1 Å². The van der Waals surface area contributed by atoms with Crippen LogP contribution in [-0.2, 0) is 22.4 Å². The van der Waals surface area contributed by atoms with Gasteiger partial charge in [0.15, 0.2) is 0 Å². The Morgan fingerprint density at radius 2 is 1.67 bits per heavy atom. The summed E-state index contributed by atoms with van der Waals surface area (Å²) in [6.07, 6.45) is 6.67. The summed E-state index contributed by atoms with van der Waals surface area (Å²) in [5.74, 6) is 0. The van der Waals surface area contributed by atoms with Crippen molar-refractivity contribution < 1.29 is 9.59 Å². The third-order valence-electron chi connectivity index (χ3n) is 3.79. The van der Waals surface area contributed by atoms with Crippen LogP contribution in [-0.4, -0.2) is 12.2 Å². The Kier molecular flexibility index (Phi) is 6.65. The number of isocyanates is 2. The quantitative estimate of drug-likeness (QED) is 0.513. The summed E-state index contributed by atoms with van der Waals surface area (Å²) in [4.78, 5) is 28.8. The van der Waals surface area contributed by atoms with Crippen LogP contribution in [0, 0.1) is 0 Å². The van der Waals surface area contributed by atoms with E-state index in [9.17, 15) is 9.59 Å². The molecule has 0 aromatic heterocycles. The molecule has 0 atom stereocenters. The first-order valence-electron chi connectivity index (χ1n) is 7.74. The molecule has 4 nitrogen and oxygen atoms in total. The molecule has 0 spiro atoms. The largest absolute Gasteiger partial charge is 0.240 e. The zero-order chi connectivity index (χ0) is 17.4. The van der Waals surface area contributed by atoms with Gasteiger partial charge in [0.25, 0.3) is 0 Å². The third kappa shape index (κ3) is 4.50. The highest BCUT2D eigenvalue weighted by Gasteiger charge is 2.12. The van der Waals surface area contributed by atoms with Crippen molar-refractivity contribution in [3.05, 3.63) is 58.1 Å². The minimum Gasteiger partial charge on any atom is -0.211 e. The topological polar surface area (TPSA) is 58.9 Å². The Morgan fingerprint density at radius 3 is 2.25 bits per heavy atom. The molecule has 0 aliphatic heterocycles. The van der Waals surface area contributed by atoms with E-state index >= 15 is 0 Å². The smallest absolute Gasteiger partial charge is 0.211 e. The van der Waals surface area contributed by atoms with Crippen molar-refractivity contribution in [3.8, 4) is 0 Å². The third-order valence-corrected chi connectivity index (χ3v) is 4.03. The van der Waals surface area contributed by atoms with E-state index in [2.05, 4.69) is 16.9 Å². The molecule has 0 saturated carbocycles. The summed E-state index contributed by atoms with van der Waals surface area (Å²) < 4.78 is 0. The molecule has 0 amide bonds. The molecule has 0 bridgehead atoms. The molecule has 0 heterocycles. The maximum atomic E-state index is 10.7. The number of carbonyl (C=O) groups excluding carboxylic acids is 2. The molecule has 2 aromatic rings. The van der Waals surface area contributed by atoms with Gasteiger partial charge in [0.05, 0.1) is 11.4 Å². The van der Waals surface area contributed by atoms with Crippen molar-refractivity contribution in [2.75, 3.05) is 0 Å². The van der Waals surface area contributed by atoms with Crippen LogP contribution in [0.1, 0.15) is 36.5 Å². The average Bonchev–Trinajstić information content (AvgIpc) is 2.57. The second kappa shape index (κ2) is 8.95. The zero-order valence-corrected chi connectivity index (χ0v) is 14.1. The molecule has 0 N–H and O–H groups in total. The van der Waals surface area contributed by atoms with Crippen LogP contribution in [0.2, 0.25) is 5.02 Å². The van der Waals surface area contributed by atoms with Gasteiger partial charge in [-0.2, -0.15) is 9.98 Å². The normalized spacial score (nSPS) is 9.92. The van der Waals surface area contributed by atoms with Crippen LogP contribution < -0.4 is 0 Å². The van der Waals surface area contributed by atoms with Crippen molar-refractivity contribution in [1.82, 2.24) is 0 Å². The predicted octanol–water partition coefficient (Wildman–Crippen LogP) is 5.21. The van der Waals surface area contributed by atoms with Gasteiger partial charge in [-0.3, -0.25) is 0 Å². The number of aliphatic imine (C=N–C) groups is 2. The maximum Gasteiger partial charge on any atom is 0.240 e. The van der Waals surface area contributed by atoms with E-state index in [1.165, 1.54) is 5.56 Å². The highest BCUT2D eigenvalue weighted by molar-refractivity contribution is 6.30. The zero-order valence-electron chi connectivity index (χ0n) is 13.4. The van der Waals surface area contributed by atoms with Gasteiger partial charge >= 0.3 is 0 Å². The highest BCUT2D eigenvalue weighted by Crippen LogP contribution is 2.32. The fourth-order valence-electron chi connectivity index (χ4n) is 2.61. The van der Waals surface area contributed by atoms with Crippen LogP contribution in [0.4, 0.5) is 11.4 Å². The summed E-state index contributed by atoms with van der Waals surface area (Å²) >= 11 is 6.15. The molecule has 0 aliphatic carbocycles. The minimum absolute atomic E-state index is 0.447. The molecule has 5 heteroatoms. The summed E-state index contributed by atoms with van der Waals surface area (Å²) in [6.45, 7) is 2.14. The molecule has 0 radical (unpaired) electrons. The lowest BCUT2D eigenvalue weighted by Gasteiger charge is -2.13. The van der Waals surface area contributed by atoms with Gasteiger partial charge in [-0.25, -0.2) is 9.59 Å².